The van der Waals surface area contributed by atoms with Crippen LogP contribution >= 0.6 is 0 Å². The largest absolute Gasteiger partial charge is 0.488 e. The molecular formula is C22H27N3O5. The van der Waals surface area contributed by atoms with Crippen LogP contribution in [0.3, 0.4) is 0 Å². The third-order valence-electron chi connectivity index (χ3n) is 6.26. The standard InChI is InChI=1S/C22H27N3O5/c1-13-20(24(2)12-23-13)21(27)25-10-15-8-18(26)19(9-16(15)11-25)30-17-6-4-14(5-7-17)22(28)29-3/h4-7,12,15-16,18-19,26H,8-11H2,1-3H3/t15-,16+,18+,19+/m0/s1. The van der Waals surface area contributed by atoms with E-state index in [-0.39, 0.29) is 23.8 Å². The molecule has 30 heavy (non-hydrogen) atoms. The number of likely N-dealkylation sites (tertiary alicyclic amines) is 1. The Morgan fingerprint density at radius 2 is 1.80 bits per heavy atom. The van der Waals surface area contributed by atoms with Gasteiger partial charge in [0.05, 0.1) is 30.8 Å². The van der Waals surface area contributed by atoms with Crippen molar-refractivity contribution in [2.45, 2.75) is 32.0 Å². The molecule has 0 radical (unpaired) electrons. The minimum absolute atomic E-state index is 0.00717. The van der Waals surface area contributed by atoms with Crippen LogP contribution in [0, 0.1) is 18.8 Å². The third-order valence-corrected chi connectivity index (χ3v) is 6.26. The molecule has 4 atom stereocenters. The van der Waals surface area contributed by atoms with Gasteiger partial charge in [0.15, 0.2) is 0 Å². The van der Waals surface area contributed by atoms with E-state index in [0.717, 1.165) is 5.69 Å². The predicted molar refractivity (Wildman–Crippen MR) is 108 cm³/mol. The Morgan fingerprint density at radius 3 is 2.40 bits per heavy atom. The van der Waals surface area contributed by atoms with E-state index in [1.165, 1.54) is 7.11 Å². The van der Waals surface area contributed by atoms with Gasteiger partial charge in [0.1, 0.15) is 17.5 Å². The Morgan fingerprint density at radius 1 is 1.13 bits per heavy atom. The fourth-order valence-electron chi connectivity index (χ4n) is 4.65. The minimum atomic E-state index is -0.597. The normalized spacial score (nSPS) is 25.7. The molecule has 8 nitrogen and oxygen atoms in total. The Kier molecular flexibility index (Phi) is 5.51. The fraction of sp³-hybridized carbons (Fsp3) is 0.500. The number of fused-ring (bicyclic) bond motifs is 1. The van der Waals surface area contributed by atoms with Crippen molar-refractivity contribution in [1.82, 2.24) is 14.5 Å². The van der Waals surface area contributed by atoms with E-state index in [0.29, 0.717) is 42.9 Å². The summed E-state index contributed by atoms with van der Waals surface area (Å²) in [5.41, 5.74) is 1.80. The molecule has 1 aliphatic carbocycles. The van der Waals surface area contributed by atoms with Crippen molar-refractivity contribution in [1.29, 1.82) is 0 Å². The number of aryl methyl sites for hydroxylation is 2. The number of amides is 1. The van der Waals surface area contributed by atoms with Crippen molar-refractivity contribution in [2.75, 3.05) is 20.2 Å². The number of aliphatic hydroxyl groups is 1. The maximum absolute atomic E-state index is 13.0. The van der Waals surface area contributed by atoms with Crippen molar-refractivity contribution < 1.29 is 24.2 Å². The zero-order chi connectivity index (χ0) is 21.4. The molecule has 2 heterocycles. The molecule has 1 saturated carbocycles. The number of carbonyl (C=O) groups excluding carboxylic acids is 2. The lowest BCUT2D eigenvalue weighted by molar-refractivity contribution is -0.0231. The summed E-state index contributed by atoms with van der Waals surface area (Å²) in [6.45, 7) is 3.14. The second kappa shape index (κ2) is 8.10. The maximum Gasteiger partial charge on any atom is 0.337 e. The Hall–Kier alpha value is -2.87. The molecule has 1 N–H and O–H groups in total. The van der Waals surface area contributed by atoms with Gasteiger partial charge in [-0.2, -0.15) is 0 Å². The Labute approximate surface area is 175 Å². The number of nitrogens with zero attached hydrogens (tertiary/aromatic N) is 3. The molecule has 8 heteroatoms. The smallest absolute Gasteiger partial charge is 0.337 e. The monoisotopic (exact) mass is 413 g/mol. The Balaban J connectivity index is 1.41. The number of rotatable bonds is 4. The van der Waals surface area contributed by atoms with Gasteiger partial charge >= 0.3 is 5.97 Å². The highest BCUT2D eigenvalue weighted by Crippen LogP contribution is 2.38. The number of ether oxygens (including phenoxy) is 2. The molecule has 1 aromatic heterocycles. The average molecular weight is 413 g/mol. The highest BCUT2D eigenvalue weighted by Gasteiger charge is 2.44. The second-order valence-corrected chi connectivity index (χ2v) is 8.23. The highest BCUT2D eigenvalue weighted by atomic mass is 16.5. The van der Waals surface area contributed by atoms with Crippen LogP contribution in [-0.2, 0) is 11.8 Å². The molecule has 160 valence electrons. The number of hydrogen-bond acceptors (Lipinski definition) is 6. The van der Waals surface area contributed by atoms with E-state index in [4.69, 9.17) is 9.47 Å². The first-order valence-electron chi connectivity index (χ1n) is 10.2. The second-order valence-electron chi connectivity index (χ2n) is 8.23. The summed E-state index contributed by atoms with van der Waals surface area (Å²) < 4.78 is 12.5. The van der Waals surface area contributed by atoms with Gasteiger partial charge in [-0.15, -0.1) is 0 Å². The molecule has 0 bridgehead atoms. The number of methoxy groups -OCH3 is 1. The lowest BCUT2D eigenvalue weighted by Crippen LogP contribution is -2.42. The van der Waals surface area contributed by atoms with Gasteiger partial charge < -0.3 is 24.0 Å². The van der Waals surface area contributed by atoms with Gasteiger partial charge in [-0.05, 0) is 55.9 Å². The first-order valence-corrected chi connectivity index (χ1v) is 10.2. The minimum Gasteiger partial charge on any atom is -0.488 e. The SMILES string of the molecule is COC(=O)c1ccc(O[C@@H]2C[C@@H]3CN(C(=O)c4c(C)ncn4C)C[C@@H]3C[C@H]2O)cc1. The van der Waals surface area contributed by atoms with Crippen LogP contribution in [0.2, 0.25) is 0 Å². The summed E-state index contributed by atoms with van der Waals surface area (Å²) >= 11 is 0. The van der Waals surface area contributed by atoms with Crippen molar-refractivity contribution >= 4 is 11.9 Å². The molecule has 1 aromatic carbocycles. The number of aliphatic hydroxyl groups excluding tert-OH is 1. The van der Waals surface area contributed by atoms with E-state index < -0.39 is 12.1 Å². The van der Waals surface area contributed by atoms with Gasteiger partial charge in [0.2, 0.25) is 0 Å². The molecule has 0 unspecified atom stereocenters. The highest BCUT2D eigenvalue weighted by molar-refractivity contribution is 5.94. The predicted octanol–water partition coefficient (Wildman–Crippen LogP) is 1.81. The fourth-order valence-corrected chi connectivity index (χ4v) is 4.65. The van der Waals surface area contributed by atoms with Crippen LogP contribution in [0.25, 0.3) is 0 Å². The summed E-state index contributed by atoms with van der Waals surface area (Å²) in [7, 11) is 3.17. The van der Waals surface area contributed by atoms with Gasteiger partial charge in [-0.1, -0.05) is 0 Å². The molecule has 2 fully saturated rings. The Bertz CT molecular complexity index is 919. The van der Waals surface area contributed by atoms with Crippen molar-refractivity contribution in [3.05, 3.63) is 47.5 Å². The van der Waals surface area contributed by atoms with E-state index in [9.17, 15) is 14.7 Å². The van der Waals surface area contributed by atoms with E-state index in [1.807, 2.05) is 18.9 Å². The third kappa shape index (κ3) is 3.79. The molecular weight excluding hydrogens is 386 g/mol. The van der Waals surface area contributed by atoms with Gasteiger partial charge in [-0.3, -0.25) is 4.79 Å². The molecule has 4 rings (SSSR count). The van der Waals surface area contributed by atoms with Crippen molar-refractivity contribution in [2.24, 2.45) is 18.9 Å². The first kappa shape index (κ1) is 20.4. The zero-order valence-corrected chi connectivity index (χ0v) is 17.4. The van der Waals surface area contributed by atoms with Crippen LogP contribution in [0.15, 0.2) is 30.6 Å². The lowest BCUT2D eigenvalue weighted by Gasteiger charge is -2.35. The van der Waals surface area contributed by atoms with Crippen LogP contribution in [0.4, 0.5) is 0 Å². The quantitative estimate of drug-likeness (QED) is 0.769. The molecule has 2 aromatic rings. The van der Waals surface area contributed by atoms with Crippen molar-refractivity contribution in [3.8, 4) is 5.75 Å². The average Bonchev–Trinajstić information content (AvgIpc) is 3.30. The summed E-state index contributed by atoms with van der Waals surface area (Å²) in [6.07, 6.45) is 2.00. The first-order chi connectivity index (χ1) is 14.4. The van der Waals surface area contributed by atoms with Gasteiger partial charge in [0, 0.05) is 20.1 Å². The van der Waals surface area contributed by atoms with E-state index in [2.05, 4.69) is 4.98 Å². The van der Waals surface area contributed by atoms with Crippen molar-refractivity contribution in [3.63, 3.8) is 0 Å². The van der Waals surface area contributed by atoms with Crippen LogP contribution in [-0.4, -0.2) is 63.8 Å². The molecule has 0 spiro atoms. The summed E-state index contributed by atoms with van der Waals surface area (Å²) in [5, 5.41) is 10.6. The van der Waals surface area contributed by atoms with E-state index in [1.54, 1.807) is 35.2 Å². The van der Waals surface area contributed by atoms with Crippen LogP contribution in [0.5, 0.6) is 5.75 Å². The molecule has 2 aliphatic rings. The number of esters is 1. The number of aromatic nitrogens is 2. The van der Waals surface area contributed by atoms with Crippen LogP contribution in [0.1, 0.15) is 39.4 Å². The van der Waals surface area contributed by atoms with Crippen LogP contribution < -0.4 is 4.74 Å². The number of carbonyl (C=O) groups is 2. The van der Waals surface area contributed by atoms with E-state index >= 15 is 0 Å². The lowest BCUT2D eigenvalue weighted by atomic mass is 9.78. The molecule has 1 saturated heterocycles. The number of imidazole rings is 1. The summed E-state index contributed by atoms with van der Waals surface area (Å²) in [6, 6.07) is 6.71. The summed E-state index contributed by atoms with van der Waals surface area (Å²) in [5.74, 6) is 0.736. The number of hydrogen-bond donors (Lipinski definition) is 1. The molecule has 1 amide bonds. The maximum atomic E-state index is 13.0. The topological polar surface area (TPSA) is 93.9 Å². The van der Waals surface area contributed by atoms with Gasteiger partial charge in [0.25, 0.3) is 5.91 Å². The van der Waals surface area contributed by atoms with Gasteiger partial charge in [-0.25, -0.2) is 9.78 Å². The number of benzene rings is 1. The molecule has 1 aliphatic heterocycles. The zero-order valence-electron chi connectivity index (χ0n) is 17.4. The summed E-state index contributed by atoms with van der Waals surface area (Å²) in [4.78, 5) is 30.7.